The summed E-state index contributed by atoms with van der Waals surface area (Å²) >= 11 is 0.876. The van der Waals surface area contributed by atoms with Crippen molar-refractivity contribution >= 4 is 29.2 Å². The van der Waals surface area contributed by atoms with E-state index >= 15 is 0 Å². The van der Waals surface area contributed by atoms with E-state index in [1.807, 2.05) is 48.5 Å². The van der Waals surface area contributed by atoms with Crippen molar-refractivity contribution in [2.45, 2.75) is 25.0 Å². The van der Waals surface area contributed by atoms with E-state index < -0.39 is 30.1 Å². The van der Waals surface area contributed by atoms with E-state index in [1.54, 1.807) is 6.92 Å². The zero-order valence-corrected chi connectivity index (χ0v) is 19.8. The molecule has 0 spiro atoms. The Balaban J connectivity index is 1.30. The van der Waals surface area contributed by atoms with Crippen LogP contribution in [0.2, 0.25) is 0 Å². The number of Topliss-reactive ketones (excluding diaryl/α,β-unsaturated/α-hetero) is 1. The molecule has 0 bridgehead atoms. The van der Waals surface area contributed by atoms with Gasteiger partial charge >= 0.3 is 12.1 Å². The molecular formula is C26H25NO7S. The summed E-state index contributed by atoms with van der Waals surface area (Å²) in [6.07, 6.45) is -3.43. The van der Waals surface area contributed by atoms with Crippen LogP contribution >= 0.6 is 11.3 Å². The zero-order chi connectivity index (χ0) is 24.9. The lowest BCUT2D eigenvalue weighted by Crippen LogP contribution is -2.36. The fourth-order valence-electron chi connectivity index (χ4n) is 4.07. The average molecular weight is 496 g/mol. The zero-order valence-electron chi connectivity index (χ0n) is 19.0. The fourth-order valence-corrected chi connectivity index (χ4v) is 5.05. The predicted molar refractivity (Wildman–Crippen MR) is 129 cm³/mol. The van der Waals surface area contributed by atoms with Crippen LogP contribution in [0.15, 0.2) is 60.7 Å². The van der Waals surface area contributed by atoms with Gasteiger partial charge in [-0.15, -0.1) is 11.3 Å². The van der Waals surface area contributed by atoms with Crippen molar-refractivity contribution in [1.29, 1.82) is 0 Å². The summed E-state index contributed by atoms with van der Waals surface area (Å²) in [5.41, 5.74) is 4.41. The van der Waals surface area contributed by atoms with Crippen LogP contribution in [-0.4, -0.2) is 53.9 Å². The Hall–Kier alpha value is -3.53. The third-order valence-corrected chi connectivity index (χ3v) is 6.92. The number of nitrogens with one attached hydrogen (secondary N) is 1. The molecule has 0 saturated heterocycles. The van der Waals surface area contributed by atoms with Crippen molar-refractivity contribution in [3.05, 3.63) is 81.5 Å². The number of hydrogen-bond acceptors (Lipinski definition) is 8. The van der Waals surface area contributed by atoms with Gasteiger partial charge in [-0.3, -0.25) is 4.79 Å². The number of benzene rings is 2. The van der Waals surface area contributed by atoms with Crippen LogP contribution < -0.4 is 5.32 Å². The van der Waals surface area contributed by atoms with Crippen molar-refractivity contribution in [2.24, 2.45) is 0 Å². The second-order valence-corrected chi connectivity index (χ2v) is 9.09. The van der Waals surface area contributed by atoms with Crippen molar-refractivity contribution in [3.8, 4) is 11.1 Å². The molecule has 1 aliphatic rings. The highest BCUT2D eigenvalue weighted by Gasteiger charge is 2.29. The van der Waals surface area contributed by atoms with Gasteiger partial charge in [0.2, 0.25) is 0 Å². The summed E-state index contributed by atoms with van der Waals surface area (Å²) in [7, 11) is 0. The Morgan fingerprint density at radius 1 is 0.943 bits per heavy atom. The number of ether oxygens (including phenoxy) is 2. The van der Waals surface area contributed by atoms with Crippen LogP contribution in [0.25, 0.3) is 11.1 Å². The summed E-state index contributed by atoms with van der Waals surface area (Å²) in [5, 5.41) is 23.2. The minimum atomic E-state index is -1.36. The minimum absolute atomic E-state index is 0.0751. The first-order valence-electron chi connectivity index (χ1n) is 11.2. The maximum atomic E-state index is 12.3. The molecular weight excluding hydrogens is 470 g/mol. The Morgan fingerprint density at radius 3 is 2.20 bits per heavy atom. The van der Waals surface area contributed by atoms with E-state index in [4.69, 9.17) is 4.74 Å². The number of esters is 1. The molecule has 3 aromatic rings. The molecule has 2 atom stereocenters. The van der Waals surface area contributed by atoms with Gasteiger partial charge in [-0.1, -0.05) is 48.5 Å². The van der Waals surface area contributed by atoms with Crippen LogP contribution in [0.3, 0.4) is 0 Å². The second kappa shape index (κ2) is 10.8. The first-order valence-corrected chi connectivity index (χ1v) is 12.0. The summed E-state index contributed by atoms with van der Waals surface area (Å²) in [4.78, 5) is 36.3. The molecule has 1 aromatic heterocycles. The molecule has 2 aromatic carbocycles. The molecule has 1 heterocycles. The maximum absolute atomic E-state index is 12.3. The number of thiophene rings is 1. The lowest BCUT2D eigenvalue weighted by molar-refractivity contribution is -0.137. The normalized spacial score (nSPS) is 13.9. The largest absolute Gasteiger partial charge is 0.460 e. The van der Waals surface area contributed by atoms with E-state index in [9.17, 15) is 24.6 Å². The molecule has 1 amide bonds. The maximum Gasteiger partial charge on any atom is 0.407 e. The van der Waals surface area contributed by atoms with E-state index in [0.717, 1.165) is 33.6 Å². The third-order valence-electron chi connectivity index (χ3n) is 5.77. The van der Waals surface area contributed by atoms with Crippen LogP contribution in [0.4, 0.5) is 4.79 Å². The first-order chi connectivity index (χ1) is 16.9. The number of alkyl carbamates (subject to hydrolysis) is 1. The number of carbonyl (C=O) groups is 3. The van der Waals surface area contributed by atoms with E-state index in [0.29, 0.717) is 0 Å². The van der Waals surface area contributed by atoms with Gasteiger partial charge in [0.15, 0.2) is 0 Å². The van der Waals surface area contributed by atoms with Gasteiger partial charge in [0.05, 0.1) is 11.5 Å². The molecule has 2 unspecified atom stereocenters. The Labute approximate surface area is 206 Å². The first kappa shape index (κ1) is 24.6. The molecule has 182 valence electrons. The average Bonchev–Trinajstić information content (AvgIpc) is 3.49. The van der Waals surface area contributed by atoms with E-state index in [-0.39, 0.29) is 35.4 Å². The van der Waals surface area contributed by atoms with Crippen molar-refractivity contribution in [1.82, 2.24) is 5.32 Å². The molecule has 0 aliphatic heterocycles. The van der Waals surface area contributed by atoms with E-state index in [1.165, 1.54) is 12.1 Å². The van der Waals surface area contributed by atoms with Crippen molar-refractivity contribution in [2.75, 3.05) is 19.8 Å². The number of amides is 1. The number of aliphatic hydroxyl groups is 2. The molecule has 35 heavy (non-hydrogen) atoms. The van der Waals surface area contributed by atoms with Gasteiger partial charge in [-0.2, -0.15) is 0 Å². The quantitative estimate of drug-likeness (QED) is 0.236. The highest BCUT2D eigenvalue weighted by molar-refractivity contribution is 7.14. The highest BCUT2D eigenvalue weighted by Crippen LogP contribution is 2.44. The lowest BCUT2D eigenvalue weighted by atomic mass is 9.98. The van der Waals surface area contributed by atoms with Crippen LogP contribution in [0, 0.1) is 0 Å². The molecule has 0 saturated carbocycles. The van der Waals surface area contributed by atoms with Crippen molar-refractivity contribution in [3.63, 3.8) is 0 Å². The third kappa shape index (κ3) is 5.27. The number of hydrogen-bond donors (Lipinski definition) is 3. The second-order valence-electron chi connectivity index (χ2n) is 7.97. The van der Waals surface area contributed by atoms with Crippen LogP contribution in [0.1, 0.15) is 44.6 Å². The Bertz CT molecular complexity index is 1190. The van der Waals surface area contributed by atoms with Gasteiger partial charge < -0.3 is 25.0 Å². The molecule has 1 aliphatic carbocycles. The SMILES string of the molecule is CCOC(=O)C(=O)c1ccc(C(O)C(O)CNC(=O)OCC2c3ccccc3-c3ccccc32)s1. The molecule has 0 radical (unpaired) electrons. The smallest absolute Gasteiger partial charge is 0.407 e. The lowest BCUT2D eigenvalue weighted by Gasteiger charge is -2.18. The summed E-state index contributed by atoms with van der Waals surface area (Å²) in [5.74, 6) is -1.89. The number of fused-ring (bicyclic) bond motifs is 3. The van der Waals surface area contributed by atoms with E-state index in [2.05, 4.69) is 10.1 Å². The minimum Gasteiger partial charge on any atom is -0.460 e. The standard InChI is InChI=1S/C26H25NO7S/c1-2-33-25(31)24(30)22-12-11-21(35-22)23(29)20(28)13-27-26(32)34-14-19-17-9-5-3-7-15(17)16-8-4-6-10-18(16)19/h3-12,19-20,23,28-29H,2,13-14H2,1H3,(H,27,32). The number of ketones is 1. The number of carbonyl (C=O) groups excluding carboxylic acids is 3. The van der Waals surface area contributed by atoms with Gasteiger partial charge in [0.25, 0.3) is 5.78 Å². The molecule has 8 nitrogen and oxygen atoms in total. The number of aliphatic hydroxyl groups excluding tert-OH is 2. The van der Waals surface area contributed by atoms with Crippen molar-refractivity contribution < 1.29 is 34.1 Å². The van der Waals surface area contributed by atoms with Gasteiger partial charge in [0.1, 0.15) is 18.8 Å². The predicted octanol–water partition coefficient (Wildman–Crippen LogP) is 3.43. The molecule has 3 N–H and O–H groups in total. The molecule has 0 fully saturated rings. The Kier molecular flexibility index (Phi) is 7.60. The van der Waals surface area contributed by atoms with Gasteiger partial charge in [-0.05, 0) is 41.3 Å². The number of rotatable bonds is 9. The molecule has 4 rings (SSSR count). The topological polar surface area (TPSA) is 122 Å². The summed E-state index contributed by atoms with van der Waals surface area (Å²) in [6, 6.07) is 18.8. The van der Waals surface area contributed by atoms with Gasteiger partial charge in [-0.25, -0.2) is 9.59 Å². The Morgan fingerprint density at radius 2 is 1.57 bits per heavy atom. The monoisotopic (exact) mass is 495 g/mol. The van der Waals surface area contributed by atoms with Crippen LogP contribution in [0.5, 0.6) is 0 Å². The molecule has 9 heteroatoms. The summed E-state index contributed by atoms with van der Waals surface area (Å²) < 4.78 is 10.1. The highest BCUT2D eigenvalue weighted by atomic mass is 32.1. The van der Waals surface area contributed by atoms with Crippen LogP contribution in [-0.2, 0) is 14.3 Å². The van der Waals surface area contributed by atoms with Gasteiger partial charge in [0, 0.05) is 17.3 Å². The summed E-state index contributed by atoms with van der Waals surface area (Å²) in [6.45, 7) is 1.53. The fraction of sp³-hybridized carbons (Fsp3) is 0.269.